The molecule has 76 valence electrons. The second-order valence-corrected chi connectivity index (χ2v) is 2.87. The molecule has 0 atom stereocenters. The van der Waals surface area contributed by atoms with E-state index < -0.39 is 0 Å². The molecule has 0 aromatic carbocycles. The first kappa shape index (κ1) is 9.25. The fourth-order valence-electron chi connectivity index (χ4n) is 1.11. The summed E-state index contributed by atoms with van der Waals surface area (Å²) in [6, 6.07) is 3.49. The van der Waals surface area contributed by atoms with Gasteiger partial charge in [0.25, 0.3) is 0 Å². The molecule has 0 aliphatic rings. The van der Waals surface area contributed by atoms with Crippen LogP contribution in [0, 0.1) is 0 Å². The predicted molar refractivity (Wildman–Crippen MR) is 51.4 cm³/mol. The van der Waals surface area contributed by atoms with E-state index in [2.05, 4.69) is 30.8 Å². The fraction of sp³-hybridized carbons (Fsp3) is 0.125. The van der Waals surface area contributed by atoms with Crippen LogP contribution in [0.25, 0.3) is 11.4 Å². The average Bonchev–Trinajstić information content (AvgIpc) is 2.82. The van der Waals surface area contributed by atoms with Gasteiger partial charge in [-0.2, -0.15) is 0 Å². The molecule has 0 spiro atoms. The van der Waals surface area contributed by atoms with Crippen molar-refractivity contribution in [1.82, 2.24) is 25.6 Å². The first-order valence-electron chi connectivity index (χ1n) is 4.20. The number of hydrogen-bond donors (Lipinski definition) is 2. The summed E-state index contributed by atoms with van der Waals surface area (Å²) in [5, 5.41) is 25.0. The van der Waals surface area contributed by atoms with Gasteiger partial charge < -0.3 is 5.21 Å². The normalized spacial score (nSPS) is 11.7. The van der Waals surface area contributed by atoms with Gasteiger partial charge in [-0.3, -0.25) is 4.98 Å². The highest BCUT2D eigenvalue weighted by atomic mass is 16.4. The van der Waals surface area contributed by atoms with Crippen molar-refractivity contribution in [1.29, 1.82) is 0 Å². The lowest BCUT2D eigenvalue weighted by Crippen LogP contribution is -1.98. The lowest BCUT2D eigenvalue weighted by atomic mass is 10.2. The molecule has 0 radical (unpaired) electrons. The van der Waals surface area contributed by atoms with E-state index in [1.165, 1.54) is 0 Å². The van der Waals surface area contributed by atoms with Gasteiger partial charge >= 0.3 is 0 Å². The maximum Gasteiger partial charge on any atom is 0.179 e. The van der Waals surface area contributed by atoms with Crippen LogP contribution in [0.2, 0.25) is 0 Å². The van der Waals surface area contributed by atoms with Crippen LogP contribution in [-0.2, 0) is 0 Å². The van der Waals surface area contributed by atoms with Gasteiger partial charge in [0.05, 0.1) is 5.69 Å². The van der Waals surface area contributed by atoms with Gasteiger partial charge in [-0.15, -0.1) is 5.10 Å². The number of aromatic nitrogens is 5. The minimum atomic E-state index is 0.435. The van der Waals surface area contributed by atoms with Gasteiger partial charge in [-0.05, 0) is 29.5 Å². The second-order valence-electron chi connectivity index (χ2n) is 2.87. The fourth-order valence-corrected chi connectivity index (χ4v) is 1.11. The highest BCUT2D eigenvalue weighted by Gasteiger charge is 2.05. The molecular weight excluding hydrogens is 196 g/mol. The maximum atomic E-state index is 8.61. The van der Waals surface area contributed by atoms with Crippen molar-refractivity contribution < 1.29 is 5.21 Å². The molecule has 0 amide bonds. The number of aromatic amines is 1. The number of hydrogen-bond acceptors (Lipinski definition) is 6. The van der Waals surface area contributed by atoms with Crippen molar-refractivity contribution >= 4 is 5.71 Å². The molecule has 2 rings (SSSR count). The van der Waals surface area contributed by atoms with Gasteiger partial charge in [0, 0.05) is 11.8 Å². The second kappa shape index (κ2) is 3.82. The zero-order valence-electron chi connectivity index (χ0n) is 7.92. The van der Waals surface area contributed by atoms with Gasteiger partial charge in [0.1, 0.15) is 5.71 Å². The Balaban J connectivity index is 2.44. The van der Waals surface area contributed by atoms with Crippen LogP contribution in [0.5, 0.6) is 0 Å². The molecule has 2 aromatic heterocycles. The van der Waals surface area contributed by atoms with Crippen LogP contribution in [0.15, 0.2) is 23.5 Å². The highest BCUT2D eigenvalue weighted by Crippen LogP contribution is 2.13. The minimum absolute atomic E-state index is 0.435. The number of nitrogens with one attached hydrogen (secondary N) is 1. The summed E-state index contributed by atoms with van der Waals surface area (Å²) in [6.45, 7) is 1.66. The Morgan fingerprint density at radius 1 is 1.53 bits per heavy atom. The molecule has 0 aliphatic carbocycles. The standard InChI is InChI=1S/C8H8N6O/c1-5(12-15)7-4-6(2-3-9-7)8-10-13-14-11-8/h2-4,15H,1H3,(H,10,11,13,14). The third kappa shape index (κ3) is 1.80. The van der Waals surface area contributed by atoms with Crippen LogP contribution < -0.4 is 0 Å². The third-order valence-electron chi connectivity index (χ3n) is 1.90. The number of pyridine rings is 1. The van der Waals surface area contributed by atoms with E-state index in [0.29, 0.717) is 17.2 Å². The van der Waals surface area contributed by atoms with Crippen molar-refractivity contribution in [3.05, 3.63) is 24.0 Å². The zero-order chi connectivity index (χ0) is 10.7. The molecule has 0 bridgehead atoms. The van der Waals surface area contributed by atoms with Crippen molar-refractivity contribution in [2.24, 2.45) is 5.16 Å². The van der Waals surface area contributed by atoms with Crippen molar-refractivity contribution in [3.8, 4) is 11.4 Å². The van der Waals surface area contributed by atoms with E-state index in [0.717, 1.165) is 5.56 Å². The smallest absolute Gasteiger partial charge is 0.179 e. The van der Waals surface area contributed by atoms with Gasteiger partial charge in [0.15, 0.2) is 5.82 Å². The Bertz CT molecular complexity index is 478. The third-order valence-corrected chi connectivity index (χ3v) is 1.90. The van der Waals surface area contributed by atoms with Crippen molar-refractivity contribution in [3.63, 3.8) is 0 Å². The summed E-state index contributed by atoms with van der Waals surface area (Å²) in [6.07, 6.45) is 1.60. The minimum Gasteiger partial charge on any atom is -0.411 e. The van der Waals surface area contributed by atoms with E-state index in [4.69, 9.17) is 5.21 Å². The Labute approximate surface area is 84.9 Å². The number of oxime groups is 1. The Kier molecular flexibility index (Phi) is 2.36. The quantitative estimate of drug-likeness (QED) is 0.420. The molecule has 7 heteroatoms. The van der Waals surface area contributed by atoms with E-state index in [1.807, 2.05) is 0 Å². The van der Waals surface area contributed by atoms with E-state index in [1.54, 1.807) is 25.3 Å². The first-order valence-corrected chi connectivity index (χ1v) is 4.20. The molecule has 0 unspecified atom stereocenters. The number of H-pyrrole nitrogens is 1. The predicted octanol–water partition coefficient (Wildman–Crippen LogP) is 0.460. The molecule has 2 N–H and O–H groups in total. The molecule has 2 heterocycles. The molecule has 7 nitrogen and oxygen atoms in total. The molecule has 0 aliphatic heterocycles. The monoisotopic (exact) mass is 204 g/mol. The SMILES string of the molecule is CC(=NO)c1cc(-c2nnn[nH]2)ccn1. The van der Waals surface area contributed by atoms with Crippen LogP contribution in [0.1, 0.15) is 12.6 Å². The number of tetrazole rings is 1. The summed E-state index contributed by atoms with van der Waals surface area (Å²) >= 11 is 0. The number of nitrogens with zero attached hydrogens (tertiary/aromatic N) is 5. The summed E-state index contributed by atoms with van der Waals surface area (Å²) in [5.41, 5.74) is 1.80. The Hall–Kier alpha value is -2.31. The Morgan fingerprint density at radius 2 is 2.40 bits per heavy atom. The van der Waals surface area contributed by atoms with E-state index >= 15 is 0 Å². The summed E-state index contributed by atoms with van der Waals surface area (Å²) in [5.74, 6) is 0.546. The largest absolute Gasteiger partial charge is 0.411 e. The van der Waals surface area contributed by atoms with Gasteiger partial charge in [-0.1, -0.05) is 5.16 Å². The summed E-state index contributed by atoms with van der Waals surface area (Å²) in [7, 11) is 0. The molecule has 2 aromatic rings. The average molecular weight is 204 g/mol. The molecular formula is C8H8N6O. The van der Waals surface area contributed by atoms with E-state index in [-0.39, 0.29) is 0 Å². The first-order chi connectivity index (χ1) is 7.31. The Morgan fingerprint density at radius 3 is 3.07 bits per heavy atom. The highest BCUT2D eigenvalue weighted by molar-refractivity contribution is 5.97. The van der Waals surface area contributed by atoms with Crippen LogP contribution in [0.3, 0.4) is 0 Å². The van der Waals surface area contributed by atoms with E-state index in [9.17, 15) is 0 Å². The van der Waals surface area contributed by atoms with Crippen LogP contribution in [0.4, 0.5) is 0 Å². The van der Waals surface area contributed by atoms with Gasteiger partial charge in [0.2, 0.25) is 0 Å². The van der Waals surface area contributed by atoms with Crippen molar-refractivity contribution in [2.45, 2.75) is 6.92 Å². The zero-order valence-corrected chi connectivity index (χ0v) is 7.92. The maximum absolute atomic E-state index is 8.61. The topological polar surface area (TPSA) is 99.9 Å². The van der Waals surface area contributed by atoms with Gasteiger partial charge in [-0.25, -0.2) is 5.10 Å². The van der Waals surface area contributed by atoms with Crippen molar-refractivity contribution in [2.75, 3.05) is 0 Å². The summed E-state index contributed by atoms with van der Waals surface area (Å²) in [4.78, 5) is 4.05. The number of rotatable bonds is 2. The lowest BCUT2D eigenvalue weighted by molar-refractivity contribution is 0.319. The van der Waals surface area contributed by atoms with Crippen LogP contribution in [-0.4, -0.2) is 36.5 Å². The molecule has 0 saturated heterocycles. The molecule has 0 saturated carbocycles. The molecule has 15 heavy (non-hydrogen) atoms. The lowest BCUT2D eigenvalue weighted by Gasteiger charge is -1.99. The summed E-state index contributed by atoms with van der Waals surface area (Å²) < 4.78 is 0. The van der Waals surface area contributed by atoms with Crippen LogP contribution >= 0.6 is 0 Å². The molecule has 0 fully saturated rings.